The first kappa shape index (κ1) is 14.5. The Kier molecular flexibility index (Phi) is 5.92. The molecule has 1 amide bonds. The van der Waals surface area contributed by atoms with Crippen LogP contribution in [0, 0.1) is 5.92 Å². The van der Waals surface area contributed by atoms with Crippen molar-refractivity contribution in [3.05, 3.63) is 0 Å². The van der Waals surface area contributed by atoms with Crippen LogP contribution < -0.4 is 10.6 Å². The van der Waals surface area contributed by atoms with Crippen molar-refractivity contribution >= 4 is 5.91 Å². The Labute approximate surface area is 105 Å². The summed E-state index contributed by atoms with van der Waals surface area (Å²) < 4.78 is 0. The van der Waals surface area contributed by atoms with Gasteiger partial charge in [0, 0.05) is 18.0 Å². The van der Waals surface area contributed by atoms with Crippen LogP contribution in [-0.2, 0) is 4.79 Å². The summed E-state index contributed by atoms with van der Waals surface area (Å²) in [7, 11) is 4.12. The molecule has 0 radical (unpaired) electrons. The second-order valence-electron chi connectivity index (χ2n) is 5.58. The Morgan fingerprint density at radius 1 is 1.53 bits per heavy atom. The van der Waals surface area contributed by atoms with E-state index in [1.54, 1.807) is 0 Å². The van der Waals surface area contributed by atoms with Crippen molar-refractivity contribution in [3.8, 4) is 0 Å². The number of carbonyl (C=O) groups is 1. The summed E-state index contributed by atoms with van der Waals surface area (Å²) in [4.78, 5) is 14.2. The van der Waals surface area contributed by atoms with E-state index in [9.17, 15) is 4.79 Å². The summed E-state index contributed by atoms with van der Waals surface area (Å²) in [6.45, 7) is 6.22. The fourth-order valence-corrected chi connectivity index (χ4v) is 2.25. The molecule has 2 N–H and O–H groups in total. The van der Waals surface area contributed by atoms with Gasteiger partial charge in [0.2, 0.25) is 5.91 Å². The highest BCUT2D eigenvalue weighted by molar-refractivity contribution is 5.79. The molecule has 0 aromatic rings. The largest absolute Gasteiger partial charge is 0.353 e. The SMILES string of the molecule is CC1CC(C(=O)NC(C)CCN(C)C)CCN1. The van der Waals surface area contributed by atoms with Crippen LogP contribution in [-0.4, -0.2) is 50.1 Å². The number of nitrogens with one attached hydrogen (secondary N) is 2. The third-order valence-electron chi connectivity index (χ3n) is 3.39. The van der Waals surface area contributed by atoms with Crippen molar-refractivity contribution in [1.29, 1.82) is 0 Å². The Hall–Kier alpha value is -0.610. The minimum absolute atomic E-state index is 0.202. The Bertz CT molecular complexity index is 243. The van der Waals surface area contributed by atoms with Gasteiger partial charge in [-0.3, -0.25) is 4.79 Å². The monoisotopic (exact) mass is 241 g/mol. The van der Waals surface area contributed by atoms with Crippen LogP contribution in [0.4, 0.5) is 0 Å². The molecule has 0 aromatic heterocycles. The molecule has 4 nitrogen and oxygen atoms in total. The number of hydrogen-bond acceptors (Lipinski definition) is 3. The van der Waals surface area contributed by atoms with Gasteiger partial charge in [-0.05, 0) is 60.3 Å². The molecule has 1 heterocycles. The summed E-state index contributed by atoms with van der Waals surface area (Å²) >= 11 is 0. The molecule has 1 aliphatic rings. The lowest BCUT2D eigenvalue weighted by Gasteiger charge is -2.28. The zero-order chi connectivity index (χ0) is 12.8. The highest BCUT2D eigenvalue weighted by Crippen LogP contribution is 2.16. The zero-order valence-corrected chi connectivity index (χ0v) is 11.6. The maximum absolute atomic E-state index is 12.0. The summed E-state index contributed by atoms with van der Waals surface area (Å²) in [5.74, 6) is 0.442. The molecule has 0 saturated carbocycles. The van der Waals surface area contributed by atoms with Crippen molar-refractivity contribution in [2.45, 2.75) is 45.2 Å². The topological polar surface area (TPSA) is 44.4 Å². The zero-order valence-electron chi connectivity index (χ0n) is 11.6. The number of carbonyl (C=O) groups excluding carboxylic acids is 1. The maximum atomic E-state index is 12.0. The van der Waals surface area contributed by atoms with Crippen LogP contribution in [0.3, 0.4) is 0 Å². The lowest BCUT2D eigenvalue weighted by molar-refractivity contribution is -0.126. The summed E-state index contributed by atoms with van der Waals surface area (Å²) in [6, 6.07) is 0.742. The molecule has 1 fully saturated rings. The third kappa shape index (κ3) is 5.50. The van der Waals surface area contributed by atoms with E-state index < -0.39 is 0 Å². The van der Waals surface area contributed by atoms with E-state index in [0.717, 1.165) is 32.4 Å². The first-order chi connectivity index (χ1) is 7.99. The Morgan fingerprint density at radius 3 is 2.82 bits per heavy atom. The molecule has 3 atom stereocenters. The van der Waals surface area contributed by atoms with E-state index in [-0.39, 0.29) is 17.9 Å². The summed E-state index contributed by atoms with van der Waals surface area (Å²) in [5, 5.41) is 6.51. The quantitative estimate of drug-likeness (QED) is 0.749. The van der Waals surface area contributed by atoms with E-state index >= 15 is 0 Å². The molecular formula is C13H27N3O. The van der Waals surface area contributed by atoms with E-state index in [0.29, 0.717) is 6.04 Å². The van der Waals surface area contributed by atoms with Crippen LogP contribution in [0.25, 0.3) is 0 Å². The van der Waals surface area contributed by atoms with Crippen molar-refractivity contribution in [2.75, 3.05) is 27.2 Å². The minimum atomic E-state index is 0.202. The smallest absolute Gasteiger partial charge is 0.223 e. The number of hydrogen-bond donors (Lipinski definition) is 2. The lowest BCUT2D eigenvalue weighted by atomic mass is 9.92. The van der Waals surface area contributed by atoms with Gasteiger partial charge in [0.05, 0.1) is 0 Å². The van der Waals surface area contributed by atoms with Crippen LogP contribution in [0.5, 0.6) is 0 Å². The fraction of sp³-hybridized carbons (Fsp3) is 0.923. The molecule has 3 unspecified atom stereocenters. The number of piperidine rings is 1. The van der Waals surface area contributed by atoms with E-state index in [1.165, 1.54) is 0 Å². The molecule has 0 bridgehead atoms. The molecule has 17 heavy (non-hydrogen) atoms. The van der Waals surface area contributed by atoms with Crippen LogP contribution in [0.15, 0.2) is 0 Å². The van der Waals surface area contributed by atoms with Gasteiger partial charge < -0.3 is 15.5 Å². The lowest BCUT2D eigenvalue weighted by Crippen LogP contribution is -2.45. The minimum Gasteiger partial charge on any atom is -0.353 e. The van der Waals surface area contributed by atoms with Crippen molar-refractivity contribution in [1.82, 2.24) is 15.5 Å². The molecule has 1 aliphatic heterocycles. The van der Waals surface area contributed by atoms with Gasteiger partial charge in [0.15, 0.2) is 0 Å². The van der Waals surface area contributed by atoms with Crippen LogP contribution in [0.2, 0.25) is 0 Å². The molecule has 1 rings (SSSR count). The average Bonchev–Trinajstić information content (AvgIpc) is 2.26. The first-order valence-electron chi connectivity index (χ1n) is 6.67. The first-order valence-corrected chi connectivity index (χ1v) is 6.67. The summed E-state index contributed by atoms with van der Waals surface area (Å²) in [6.07, 6.45) is 2.95. The molecule has 0 aliphatic carbocycles. The van der Waals surface area contributed by atoms with Crippen LogP contribution >= 0.6 is 0 Å². The van der Waals surface area contributed by atoms with Crippen LogP contribution in [0.1, 0.15) is 33.1 Å². The Balaban J connectivity index is 2.27. The molecule has 100 valence electrons. The Morgan fingerprint density at radius 2 is 2.24 bits per heavy atom. The molecule has 0 aromatic carbocycles. The normalized spacial score (nSPS) is 26.9. The standard InChI is InChI=1S/C13H27N3O/c1-10(6-8-16(3)4)15-13(17)12-5-7-14-11(2)9-12/h10-12,14H,5-9H2,1-4H3,(H,15,17). The number of nitrogens with zero attached hydrogens (tertiary/aromatic N) is 1. The third-order valence-corrected chi connectivity index (χ3v) is 3.39. The maximum Gasteiger partial charge on any atom is 0.223 e. The van der Waals surface area contributed by atoms with Crippen molar-refractivity contribution < 1.29 is 4.79 Å². The van der Waals surface area contributed by atoms with Gasteiger partial charge in [-0.1, -0.05) is 0 Å². The highest BCUT2D eigenvalue weighted by Gasteiger charge is 2.25. The van der Waals surface area contributed by atoms with Gasteiger partial charge in [-0.15, -0.1) is 0 Å². The molecule has 1 saturated heterocycles. The fourth-order valence-electron chi connectivity index (χ4n) is 2.25. The highest BCUT2D eigenvalue weighted by atomic mass is 16.1. The van der Waals surface area contributed by atoms with Gasteiger partial charge in [-0.25, -0.2) is 0 Å². The second kappa shape index (κ2) is 6.97. The molecule has 4 heteroatoms. The van der Waals surface area contributed by atoms with Gasteiger partial charge in [-0.2, -0.15) is 0 Å². The van der Waals surface area contributed by atoms with Crippen molar-refractivity contribution in [3.63, 3.8) is 0 Å². The molecular weight excluding hydrogens is 214 g/mol. The second-order valence-corrected chi connectivity index (χ2v) is 5.58. The molecule has 0 spiro atoms. The van der Waals surface area contributed by atoms with Crippen molar-refractivity contribution in [2.24, 2.45) is 5.92 Å². The van der Waals surface area contributed by atoms with Gasteiger partial charge in [0.25, 0.3) is 0 Å². The predicted octanol–water partition coefficient (Wildman–Crippen LogP) is 0.831. The van der Waals surface area contributed by atoms with E-state index in [2.05, 4.69) is 43.5 Å². The van der Waals surface area contributed by atoms with Gasteiger partial charge in [0.1, 0.15) is 0 Å². The van der Waals surface area contributed by atoms with E-state index in [4.69, 9.17) is 0 Å². The van der Waals surface area contributed by atoms with Gasteiger partial charge >= 0.3 is 0 Å². The average molecular weight is 241 g/mol. The van der Waals surface area contributed by atoms with E-state index in [1.807, 2.05) is 0 Å². The number of amides is 1. The summed E-state index contributed by atoms with van der Waals surface area (Å²) in [5.41, 5.74) is 0. The predicted molar refractivity (Wildman–Crippen MR) is 71.0 cm³/mol. The number of rotatable bonds is 5.